The van der Waals surface area contributed by atoms with E-state index in [9.17, 15) is 54.0 Å². The summed E-state index contributed by atoms with van der Waals surface area (Å²) >= 11 is 27.0. The van der Waals surface area contributed by atoms with Gasteiger partial charge in [-0.2, -0.15) is 0 Å². The van der Waals surface area contributed by atoms with Crippen molar-refractivity contribution in [3.8, 4) is 45.0 Å². The molecule has 582 valence electrons. The topological polar surface area (TPSA) is 349 Å². The molecule has 8 aromatic carbocycles. The fourth-order valence-corrected chi connectivity index (χ4v) is 14.9. The highest BCUT2D eigenvalue weighted by molar-refractivity contribution is 14.1. The number of rotatable bonds is 17. The van der Waals surface area contributed by atoms with Crippen molar-refractivity contribution < 1.29 is 54.0 Å². The van der Waals surface area contributed by atoms with E-state index in [1.54, 1.807) is 145 Å². The van der Waals surface area contributed by atoms with Gasteiger partial charge in [0.15, 0.2) is 29.5 Å². The van der Waals surface area contributed by atoms with Gasteiger partial charge < -0.3 is 37.2 Å². The van der Waals surface area contributed by atoms with Crippen LogP contribution < -0.4 is 37.2 Å². The molecule has 1 saturated heterocycles. The summed E-state index contributed by atoms with van der Waals surface area (Å²) in [5.41, 5.74) is 15.7. The third-order valence-electron chi connectivity index (χ3n) is 16.8. The van der Waals surface area contributed by atoms with Gasteiger partial charge in [0.2, 0.25) is 11.8 Å². The maximum atomic E-state index is 12.8. The Morgan fingerprint density at radius 1 is 0.412 bits per heavy atom. The lowest BCUT2D eigenvalue weighted by Gasteiger charge is -2.32. The second-order valence-electron chi connectivity index (χ2n) is 25.4. The van der Waals surface area contributed by atoms with Gasteiger partial charge >= 0.3 is 0 Å². The van der Waals surface area contributed by atoms with Crippen LogP contribution in [0.4, 0.5) is 39.8 Å². The third kappa shape index (κ3) is 23.0. The minimum Gasteiger partial charge on any atom is -0.398 e. The van der Waals surface area contributed by atoms with Gasteiger partial charge in [-0.15, -0.1) is 0 Å². The second kappa shape index (κ2) is 38.0. The van der Waals surface area contributed by atoms with E-state index in [1.807, 2.05) is 89.1 Å². The van der Waals surface area contributed by atoms with Crippen LogP contribution in [0.25, 0.3) is 45.0 Å². The predicted molar refractivity (Wildman–Crippen MR) is 457 cm³/mol. The molecule has 7 N–H and O–H groups in total. The van der Waals surface area contributed by atoms with Crippen LogP contribution in [0.15, 0.2) is 264 Å². The monoisotopic (exact) mass is 1780 g/mol. The number of carbonyl (C=O) groups is 6. The molecule has 1 aliphatic rings. The predicted octanol–water partition coefficient (Wildman–Crippen LogP) is 16.3. The number of nitrogens with zero attached hydrogens (tertiary/aromatic N) is 6. The first-order chi connectivity index (χ1) is 54.2. The summed E-state index contributed by atoms with van der Waals surface area (Å²) in [5.74, 6) is -1.92. The van der Waals surface area contributed by atoms with Gasteiger partial charge in [0, 0.05) is 129 Å². The molecule has 5 heterocycles. The molecule has 0 aliphatic carbocycles. The zero-order valence-corrected chi connectivity index (χ0v) is 68.7. The van der Waals surface area contributed by atoms with Gasteiger partial charge in [-0.3, -0.25) is 53.6 Å². The minimum atomic E-state index is -3.51. The summed E-state index contributed by atoms with van der Waals surface area (Å²) in [6, 6.07) is 61.8. The van der Waals surface area contributed by atoms with Crippen LogP contribution in [0, 0.1) is 3.57 Å². The van der Waals surface area contributed by atoms with Gasteiger partial charge in [-0.05, 0) is 230 Å². The van der Waals surface area contributed by atoms with Gasteiger partial charge in [-0.25, -0.2) is 25.3 Å². The number of hydrogen-bond donors (Lipinski definition) is 6. The first-order valence-corrected chi connectivity index (χ1v) is 42.3. The number of hydrogen-bond acceptors (Lipinski definition) is 18. The molecule has 0 saturated carbocycles. The lowest BCUT2D eigenvalue weighted by molar-refractivity contribution is -0.120. The lowest BCUT2D eigenvalue weighted by Crippen LogP contribution is -2.48. The second-order valence-corrected chi connectivity index (χ2v) is 34.2. The average Bonchev–Trinajstić information content (AvgIpc) is 0.816. The summed E-state index contributed by atoms with van der Waals surface area (Å²) in [6.45, 7) is 3.13. The van der Waals surface area contributed by atoms with Crippen molar-refractivity contribution in [2.75, 3.05) is 82.7 Å². The summed E-state index contributed by atoms with van der Waals surface area (Å²) in [5, 5.41) is 15.8. The number of pyridine rings is 4. The molecule has 12 aromatic rings. The fourth-order valence-electron chi connectivity index (χ4n) is 11.1. The van der Waals surface area contributed by atoms with Crippen LogP contribution in [0.1, 0.15) is 48.4 Å². The van der Waals surface area contributed by atoms with Crippen molar-refractivity contribution in [3.63, 3.8) is 0 Å². The Kier molecular flexibility index (Phi) is 28.4. The number of aromatic nitrogens is 4. The van der Waals surface area contributed by atoms with Gasteiger partial charge in [-0.1, -0.05) is 70.7 Å². The first-order valence-electron chi connectivity index (χ1n) is 34.1. The SMILES string of the molecule is CC(=O)Nc1cc(S(C)(=O)=O)ccc1C(=O)Nc1ccc(Cl)c(-c2ccccn2)c1.CN1CCN(c2ccc(C(=O)Nc3ccc(Cl)c(-c4ccccn4)c3)cc2)C(=O)C1.CS(=O)(=O)c1ccc(C(=O)Nc2ccc(Cl)c(-c3ccccn3)c2)c(I)c1.CS(=O)(=O)c1ccc(C(=O)Nc2ccc(Cl)c(-c3ccccn3)c2)c(N)c1. The summed E-state index contributed by atoms with van der Waals surface area (Å²) < 4.78 is 70.6. The highest BCUT2D eigenvalue weighted by Gasteiger charge is 2.25. The van der Waals surface area contributed by atoms with E-state index in [4.69, 9.17) is 52.1 Å². The molecule has 1 fully saturated rings. The van der Waals surface area contributed by atoms with E-state index >= 15 is 0 Å². The molecule has 0 spiro atoms. The smallest absolute Gasteiger partial charge is 0.257 e. The highest BCUT2D eigenvalue weighted by atomic mass is 127. The van der Waals surface area contributed by atoms with Crippen molar-refractivity contribution in [2.24, 2.45) is 0 Å². The standard InChI is InChI=1S/C23H21ClN4O2.C21H18ClN3O4S.C19H14ClIN2O3S.C19H16ClN3O3S/c1-27-12-13-28(22(29)15-27)18-8-5-16(6-9-18)23(30)26-17-7-10-20(24)19(14-17)21-4-2-3-11-25-21;1-13(26)24-20-12-15(30(2,28)29)7-8-16(20)21(27)25-14-6-9-18(22)17(11-14)19-5-3-4-10-23-19;2*1-27(25,26)13-6-7-14(17(21)11-13)19(24)23-12-5-8-16(20)15(10-12)18-4-2-3-9-22-18/h2-11,14H,12-13,15H2,1H3,(H,26,30);3-12H,1-2H3,(H,24,26)(H,25,27);2-11H,1H3,(H,23,24);2-11H,21H2,1H3,(H,23,24). The maximum absolute atomic E-state index is 12.8. The summed E-state index contributed by atoms with van der Waals surface area (Å²) in [4.78, 5) is 95.6. The quantitative estimate of drug-likeness (QED) is 0.0364. The Labute approximate surface area is 691 Å². The number of piperazine rings is 1. The van der Waals surface area contributed by atoms with Crippen molar-refractivity contribution in [2.45, 2.75) is 21.6 Å². The Morgan fingerprint density at radius 2 is 0.763 bits per heavy atom. The zero-order chi connectivity index (χ0) is 82.2. The first kappa shape index (κ1) is 85.1. The molecule has 0 atom stereocenters. The summed E-state index contributed by atoms with van der Waals surface area (Å²) in [7, 11) is -8.31. The molecule has 0 unspecified atom stereocenters. The molecule has 0 bridgehead atoms. The third-order valence-corrected chi connectivity index (χ3v) is 22.3. The molecule has 4 aromatic heterocycles. The van der Waals surface area contributed by atoms with Gasteiger partial charge in [0.05, 0.1) is 86.5 Å². The van der Waals surface area contributed by atoms with Crippen molar-refractivity contribution in [1.82, 2.24) is 24.8 Å². The van der Waals surface area contributed by atoms with Crippen LogP contribution in [0.2, 0.25) is 20.1 Å². The number of carbonyl (C=O) groups excluding carboxylic acids is 6. The molecule has 24 nitrogen and oxygen atoms in total. The number of nitrogen functional groups attached to an aromatic ring is 1. The Hall–Kier alpha value is -11.3. The van der Waals surface area contributed by atoms with E-state index in [1.165, 1.54) is 61.5 Å². The largest absolute Gasteiger partial charge is 0.398 e. The molecule has 0 radical (unpaired) electrons. The number of nitrogens with two attached hydrogens (primary N) is 1. The molecule has 6 amide bonds. The number of sulfone groups is 3. The van der Waals surface area contributed by atoms with E-state index in [0.29, 0.717) is 104 Å². The fraction of sp³-hybridized carbons (Fsp3) is 0.0976. The van der Waals surface area contributed by atoms with Crippen molar-refractivity contribution in [1.29, 1.82) is 0 Å². The normalized spacial score (nSPS) is 12.1. The molecular weight excluding hydrogens is 1710 g/mol. The molecule has 32 heteroatoms. The van der Waals surface area contributed by atoms with Crippen LogP contribution in [-0.2, 0) is 39.1 Å². The summed E-state index contributed by atoms with van der Waals surface area (Å²) in [6.07, 6.45) is 9.92. The molecular formula is C82H69Cl4IN12O12S3. The van der Waals surface area contributed by atoms with E-state index in [2.05, 4.69) is 46.5 Å². The van der Waals surface area contributed by atoms with Crippen LogP contribution in [-0.4, -0.2) is 131 Å². The highest BCUT2D eigenvalue weighted by Crippen LogP contribution is 2.35. The number of anilines is 7. The van der Waals surface area contributed by atoms with Gasteiger partial charge in [0.1, 0.15) is 0 Å². The number of halogens is 5. The van der Waals surface area contributed by atoms with Crippen molar-refractivity contribution >= 4 is 174 Å². The van der Waals surface area contributed by atoms with Crippen LogP contribution >= 0.6 is 69.0 Å². The number of amides is 6. The Morgan fingerprint density at radius 3 is 1.11 bits per heavy atom. The van der Waals surface area contributed by atoms with E-state index < -0.39 is 47.2 Å². The molecule has 13 rings (SSSR count). The van der Waals surface area contributed by atoms with Crippen LogP contribution in [0.5, 0.6) is 0 Å². The number of likely N-dealkylation sites (N-methyl/N-ethyl adjacent to an activating group) is 1. The number of benzene rings is 8. The van der Waals surface area contributed by atoms with Crippen molar-refractivity contribution in [3.05, 3.63) is 295 Å². The minimum absolute atomic E-state index is 0.00766. The van der Waals surface area contributed by atoms with Gasteiger partial charge in [0.25, 0.3) is 23.6 Å². The van der Waals surface area contributed by atoms with E-state index in [0.717, 1.165) is 42.3 Å². The molecule has 114 heavy (non-hydrogen) atoms. The molecule has 1 aliphatic heterocycles. The Bertz CT molecular complexity index is 5820. The average molecular weight is 1780 g/mol. The zero-order valence-electron chi connectivity index (χ0n) is 61.1. The van der Waals surface area contributed by atoms with E-state index in [-0.39, 0.29) is 54.9 Å². The maximum Gasteiger partial charge on any atom is 0.257 e. The Balaban J connectivity index is 0.000000161. The van der Waals surface area contributed by atoms with Crippen LogP contribution in [0.3, 0.4) is 0 Å². The number of nitrogens with one attached hydrogen (secondary N) is 5. The lowest BCUT2D eigenvalue weighted by atomic mass is 10.1.